The minimum atomic E-state index is -0.390. The average molecular weight is 387 g/mol. The Hall–Kier alpha value is -1.84. The first-order chi connectivity index (χ1) is 13.5. The van der Waals surface area contributed by atoms with Gasteiger partial charge in [0, 0.05) is 0 Å². The highest BCUT2D eigenvalue weighted by molar-refractivity contribution is 6.03. The summed E-state index contributed by atoms with van der Waals surface area (Å²) in [5.41, 5.74) is -0.0609. The fourth-order valence-electron chi connectivity index (χ4n) is 5.10. The van der Waals surface area contributed by atoms with Crippen molar-refractivity contribution < 1.29 is 19.1 Å². The van der Waals surface area contributed by atoms with Gasteiger partial charge in [0.15, 0.2) is 0 Å². The van der Waals surface area contributed by atoms with Crippen LogP contribution in [0.25, 0.3) is 0 Å². The van der Waals surface area contributed by atoms with Gasteiger partial charge in [-0.15, -0.1) is 0 Å². The molecule has 4 nitrogen and oxygen atoms in total. The quantitative estimate of drug-likeness (QED) is 0.497. The maximum absolute atomic E-state index is 13.0. The van der Waals surface area contributed by atoms with Gasteiger partial charge in [0.2, 0.25) is 0 Å². The molecule has 0 heterocycles. The Morgan fingerprint density at radius 3 is 1.43 bits per heavy atom. The second kappa shape index (κ2) is 9.11. The topological polar surface area (TPSA) is 52.6 Å². The van der Waals surface area contributed by atoms with Gasteiger partial charge in [-0.2, -0.15) is 0 Å². The van der Waals surface area contributed by atoms with Crippen molar-refractivity contribution in [3.63, 3.8) is 0 Å². The lowest BCUT2D eigenvalue weighted by Crippen LogP contribution is -2.34. The van der Waals surface area contributed by atoms with Gasteiger partial charge < -0.3 is 9.47 Å². The molecule has 0 saturated heterocycles. The first-order valence-corrected chi connectivity index (χ1v) is 11.1. The molecule has 4 heteroatoms. The molecule has 0 amide bonds. The summed E-state index contributed by atoms with van der Waals surface area (Å²) in [7, 11) is 0. The summed E-state index contributed by atoms with van der Waals surface area (Å²) < 4.78 is 12.0. The SMILES string of the molecule is CCCC1(OC(=O)c2ccccc2C(=O)OC2(CCC)CCCC2)CCCC1. The largest absolute Gasteiger partial charge is 0.455 e. The van der Waals surface area contributed by atoms with Gasteiger partial charge in [0.25, 0.3) is 0 Å². The van der Waals surface area contributed by atoms with Gasteiger partial charge in [0.1, 0.15) is 11.2 Å². The molecule has 28 heavy (non-hydrogen) atoms. The van der Waals surface area contributed by atoms with Crippen molar-refractivity contribution in [3.8, 4) is 0 Å². The molecule has 3 rings (SSSR count). The Labute approximate surface area is 169 Å². The van der Waals surface area contributed by atoms with E-state index in [1.165, 1.54) is 0 Å². The summed E-state index contributed by atoms with van der Waals surface area (Å²) in [4.78, 5) is 26.0. The second-order valence-electron chi connectivity index (χ2n) is 8.60. The summed E-state index contributed by atoms with van der Waals surface area (Å²) in [6.45, 7) is 4.24. The van der Waals surface area contributed by atoms with E-state index < -0.39 is 0 Å². The zero-order valence-electron chi connectivity index (χ0n) is 17.4. The van der Waals surface area contributed by atoms with E-state index in [0.29, 0.717) is 11.1 Å². The third-order valence-corrected chi connectivity index (χ3v) is 6.43. The van der Waals surface area contributed by atoms with E-state index in [1.54, 1.807) is 24.3 Å². The second-order valence-corrected chi connectivity index (χ2v) is 8.60. The van der Waals surface area contributed by atoms with Crippen molar-refractivity contribution >= 4 is 11.9 Å². The van der Waals surface area contributed by atoms with Crippen LogP contribution in [0.4, 0.5) is 0 Å². The molecule has 0 radical (unpaired) electrons. The molecule has 154 valence electrons. The third kappa shape index (κ3) is 4.59. The van der Waals surface area contributed by atoms with Gasteiger partial charge in [-0.25, -0.2) is 9.59 Å². The maximum atomic E-state index is 13.0. The highest BCUT2D eigenvalue weighted by Crippen LogP contribution is 2.39. The monoisotopic (exact) mass is 386 g/mol. The normalized spacial score (nSPS) is 20.1. The number of rotatable bonds is 8. The van der Waals surface area contributed by atoms with E-state index in [-0.39, 0.29) is 23.1 Å². The van der Waals surface area contributed by atoms with Crippen molar-refractivity contribution in [2.24, 2.45) is 0 Å². The van der Waals surface area contributed by atoms with Crippen LogP contribution in [-0.4, -0.2) is 23.1 Å². The zero-order chi connectivity index (χ0) is 20.0. The fraction of sp³-hybridized carbons (Fsp3) is 0.667. The number of hydrogen-bond acceptors (Lipinski definition) is 4. The molecule has 1 aromatic carbocycles. The Morgan fingerprint density at radius 2 is 1.11 bits per heavy atom. The number of esters is 2. The molecule has 0 bridgehead atoms. The molecule has 0 spiro atoms. The Bertz CT molecular complexity index is 623. The van der Waals surface area contributed by atoms with Crippen LogP contribution in [-0.2, 0) is 9.47 Å². The van der Waals surface area contributed by atoms with Crippen molar-refractivity contribution in [2.45, 2.75) is 102 Å². The van der Waals surface area contributed by atoms with E-state index in [0.717, 1.165) is 77.0 Å². The lowest BCUT2D eigenvalue weighted by Gasteiger charge is -2.30. The van der Waals surface area contributed by atoms with E-state index in [2.05, 4.69) is 13.8 Å². The maximum Gasteiger partial charge on any atom is 0.339 e. The minimum absolute atomic E-state index is 0.333. The van der Waals surface area contributed by atoms with Crippen LogP contribution in [0, 0.1) is 0 Å². The number of hydrogen-bond donors (Lipinski definition) is 0. The van der Waals surface area contributed by atoms with Gasteiger partial charge in [0.05, 0.1) is 11.1 Å². The van der Waals surface area contributed by atoms with Crippen molar-refractivity contribution in [2.75, 3.05) is 0 Å². The highest BCUT2D eigenvalue weighted by Gasteiger charge is 2.39. The van der Waals surface area contributed by atoms with E-state index in [9.17, 15) is 9.59 Å². The smallest absolute Gasteiger partial charge is 0.339 e. The number of ether oxygens (including phenoxy) is 2. The van der Waals surface area contributed by atoms with E-state index in [4.69, 9.17) is 9.47 Å². The molecule has 2 aliphatic rings. The first kappa shape index (κ1) is 20.9. The fourth-order valence-corrected chi connectivity index (χ4v) is 5.10. The molecular formula is C24H34O4. The van der Waals surface area contributed by atoms with Crippen LogP contribution < -0.4 is 0 Å². The van der Waals surface area contributed by atoms with Gasteiger partial charge in [-0.1, -0.05) is 38.8 Å². The summed E-state index contributed by atoms with van der Waals surface area (Å²) in [5.74, 6) is -0.780. The number of carbonyl (C=O) groups is 2. The van der Waals surface area contributed by atoms with Crippen molar-refractivity contribution in [1.29, 1.82) is 0 Å². The highest BCUT2D eigenvalue weighted by atomic mass is 16.6. The molecule has 2 fully saturated rings. The standard InChI is InChI=1S/C24H34O4/c1-3-13-23(15-7-8-16-23)27-21(25)19-11-5-6-12-20(19)22(26)28-24(14-4-2)17-9-10-18-24/h5-6,11-12H,3-4,7-10,13-18H2,1-2H3. The van der Waals surface area contributed by atoms with Crippen LogP contribution in [0.5, 0.6) is 0 Å². The van der Waals surface area contributed by atoms with E-state index in [1.807, 2.05) is 0 Å². The molecule has 1 aromatic rings. The van der Waals surface area contributed by atoms with Crippen molar-refractivity contribution in [3.05, 3.63) is 35.4 Å². The lowest BCUT2D eigenvalue weighted by molar-refractivity contribution is -0.0242. The first-order valence-electron chi connectivity index (χ1n) is 11.1. The predicted molar refractivity (Wildman–Crippen MR) is 109 cm³/mol. The van der Waals surface area contributed by atoms with Crippen molar-refractivity contribution in [1.82, 2.24) is 0 Å². The summed E-state index contributed by atoms with van der Waals surface area (Å²) in [6.07, 6.45) is 11.8. The molecule has 0 N–H and O–H groups in total. The Morgan fingerprint density at radius 1 is 0.750 bits per heavy atom. The van der Waals surface area contributed by atoms with Gasteiger partial charge >= 0.3 is 11.9 Å². The zero-order valence-corrected chi connectivity index (χ0v) is 17.4. The summed E-state index contributed by atoms with van der Waals surface area (Å²) >= 11 is 0. The predicted octanol–water partition coefficient (Wildman–Crippen LogP) is 6.23. The summed E-state index contributed by atoms with van der Waals surface area (Å²) in [5, 5.41) is 0. The molecular weight excluding hydrogens is 352 g/mol. The Kier molecular flexibility index (Phi) is 6.79. The molecule has 0 atom stereocenters. The Balaban J connectivity index is 1.78. The number of benzene rings is 1. The van der Waals surface area contributed by atoms with Gasteiger partial charge in [-0.3, -0.25) is 0 Å². The molecule has 0 aromatic heterocycles. The van der Waals surface area contributed by atoms with Crippen LogP contribution in [0.2, 0.25) is 0 Å². The van der Waals surface area contributed by atoms with E-state index >= 15 is 0 Å². The molecule has 2 aliphatic carbocycles. The van der Waals surface area contributed by atoms with Crippen LogP contribution in [0.15, 0.2) is 24.3 Å². The average Bonchev–Trinajstić information content (AvgIpc) is 3.32. The molecule has 2 saturated carbocycles. The minimum Gasteiger partial charge on any atom is -0.455 e. The molecule has 0 unspecified atom stereocenters. The third-order valence-electron chi connectivity index (χ3n) is 6.43. The van der Waals surface area contributed by atoms with Crippen LogP contribution in [0.1, 0.15) is 112 Å². The van der Waals surface area contributed by atoms with Crippen LogP contribution in [0.3, 0.4) is 0 Å². The van der Waals surface area contributed by atoms with Crippen LogP contribution >= 0.6 is 0 Å². The molecule has 0 aliphatic heterocycles. The summed E-state index contributed by atoms with van der Waals surface area (Å²) in [6, 6.07) is 6.95. The number of carbonyl (C=O) groups excluding carboxylic acids is 2. The van der Waals surface area contributed by atoms with Gasteiger partial charge in [-0.05, 0) is 76.3 Å². The lowest BCUT2D eigenvalue weighted by atomic mass is 9.95.